The molecule has 2 rings (SSSR count). The Labute approximate surface area is 104 Å². The quantitative estimate of drug-likeness (QED) is 0.665. The lowest BCUT2D eigenvalue weighted by Gasteiger charge is -2.03. The van der Waals surface area contributed by atoms with Crippen molar-refractivity contribution in [1.29, 1.82) is 0 Å². The van der Waals surface area contributed by atoms with Crippen LogP contribution in [0, 0.1) is 5.82 Å². The SMILES string of the molecule is CCCn1cc(C(=O)c2cccc(F)c2N)cn1. The van der Waals surface area contributed by atoms with E-state index in [-0.39, 0.29) is 17.0 Å². The first-order valence-corrected chi connectivity index (χ1v) is 5.74. The van der Waals surface area contributed by atoms with E-state index < -0.39 is 5.82 Å². The molecule has 2 aromatic rings. The number of anilines is 1. The number of halogens is 1. The number of aromatic nitrogens is 2. The van der Waals surface area contributed by atoms with Gasteiger partial charge in [0.15, 0.2) is 5.78 Å². The molecule has 0 saturated carbocycles. The van der Waals surface area contributed by atoms with Gasteiger partial charge in [-0.15, -0.1) is 0 Å². The van der Waals surface area contributed by atoms with Crippen LogP contribution < -0.4 is 5.73 Å². The molecule has 0 saturated heterocycles. The number of carbonyl (C=O) groups excluding carboxylic acids is 1. The maximum Gasteiger partial charge on any atom is 0.198 e. The highest BCUT2D eigenvalue weighted by Crippen LogP contribution is 2.19. The fourth-order valence-electron chi connectivity index (χ4n) is 1.72. The van der Waals surface area contributed by atoms with Crippen LogP contribution in [0.3, 0.4) is 0 Å². The largest absolute Gasteiger partial charge is 0.396 e. The van der Waals surface area contributed by atoms with Gasteiger partial charge in [0.25, 0.3) is 0 Å². The summed E-state index contributed by atoms with van der Waals surface area (Å²) in [5.74, 6) is -0.892. The first-order valence-electron chi connectivity index (χ1n) is 5.74. The Morgan fingerprint density at radius 1 is 1.50 bits per heavy atom. The van der Waals surface area contributed by atoms with Crippen LogP contribution in [0.4, 0.5) is 10.1 Å². The zero-order valence-corrected chi connectivity index (χ0v) is 10.1. The molecule has 0 aliphatic heterocycles. The second-order valence-electron chi connectivity index (χ2n) is 4.02. The summed E-state index contributed by atoms with van der Waals surface area (Å²) in [6, 6.07) is 4.21. The van der Waals surface area contributed by atoms with Crippen molar-refractivity contribution in [3.05, 3.63) is 47.5 Å². The molecule has 94 valence electrons. The van der Waals surface area contributed by atoms with E-state index in [2.05, 4.69) is 5.10 Å². The zero-order chi connectivity index (χ0) is 13.1. The predicted molar refractivity (Wildman–Crippen MR) is 66.8 cm³/mol. The van der Waals surface area contributed by atoms with Crippen LogP contribution in [0.15, 0.2) is 30.6 Å². The van der Waals surface area contributed by atoms with Gasteiger partial charge in [-0.2, -0.15) is 5.10 Å². The van der Waals surface area contributed by atoms with E-state index in [1.165, 1.54) is 24.4 Å². The van der Waals surface area contributed by atoms with Gasteiger partial charge in [-0.3, -0.25) is 9.48 Å². The van der Waals surface area contributed by atoms with Gasteiger partial charge in [0, 0.05) is 18.3 Å². The van der Waals surface area contributed by atoms with Crippen LogP contribution in [-0.4, -0.2) is 15.6 Å². The maximum absolute atomic E-state index is 13.3. The van der Waals surface area contributed by atoms with Gasteiger partial charge in [0.05, 0.1) is 17.4 Å². The van der Waals surface area contributed by atoms with E-state index in [1.807, 2.05) is 6.92 Å². The molecule has 0 unspecified atom stereocenters. The molecule has 2 N–H and O–H groups in total. The Balaban J connectivity index is 2.32. The number of carbonyl (C=O) groups is 1. The average Bonchev–Trinajstić information content (AvgIpc) is 2.81. The maximum atomic E-state index is 13.3. The van der Waals surface area contributed by atoms with Crippen molar-refractivity contribution in [3.63, 3.8) is 0 Å². The van der Waals surface area contributed by atoms with Crippen molar-refractivity contribution in [2.75, 3.05) is 5.73 Å². The smallest absolute Gasteiger partial charge is 0.198 e. The summed E-state index contributed by atoms with van der Waals surface area (Å²) in [7, 11) is 0. The summed E-state index contributed by atoms with van der Waals surface area (Å²) >= 11 is 0. The molecular weight excluding hydrogens is 233 g/mol. The van der Waals surface area contributed by atoms with Crippen molar-refractivity contribution in [3.8, 4) is 0 Å². The standard InChI is InChI=1S/C13H14FN3O/c1-2-6-17-8-9(7-16-17)13(18)10-4-3-5-11(14)12(10)15/h3-5,7-8H,2,6,15H2,1H3. The van der Waals surface area contributed by atoms with Crippen LogP contribution in [0.5, 0.6) is 0 Å². The van der Waals surface area contributed by atoms with Gasteiger partial charge in [-0.05, 0) is 18.6 Å². The number of nitrogens with two attached hydrogens (primary N) is 1. The number of hydrogen-bond acceptors (Lipinski definition) is 3. The van der Waals surface area contributed by atoms with E-state index in [4.69, 9.17) is 5.73 Å². The summed E-state index contributed by atoms with van der Waals surface area (Å²) in [5.41, 5.74) is 6.03. The molecule has 18 heavy (non-hydrogen) atoms. The van der Waals surface area contributed by atoms with Gasteiger partial charge in [-0.1, -0.05) is 13.0 Å². The van der Waals surface area contributed by atoms with E-state index >= 15 is 0 Å². The molecule has 0 radical (unpaired) electrons. The molecule has 0 spiro atoms. The van der Waals surface area contributed by atoms with Gasteiger partial charge < -0.3 is 5.73 Å². The lowest BCUT2D eigenvalue weighted by Crippen LogP contribution is -2.06. The molecule has 1 aromatic heterocycles. The third kappa shape index (κ3) is 2.25. The van der Waals surface area contributed by atoms with Crippen molar-refractivity contribution in [2.45, 2.75) is 19.9 Å². The molecule has 0 fully saturated rings. The monoisotopic (exact) mass is 247 g/mol. The normalized spacial score (nSPS) is 10.6. The Morgan fingerprint density at radius 2 is 2.28 bits per heavy atom. The number of nitrogen functional groups attached to an aromatic ring is 1. The predicted octanol–water partition coefficient (Wildman–Crippen LogP) is 2.25. The highest BCUT2D eigenvalue weighted by molar-refractivity contribution is 6.11. The topological polar surface area (TPSA) is 60.9 Å². The van der Waals surface area contributed by atoms with Crippen LogP contribution in [0.1, 0.15) is 29.3 Å². The number of hydrogen-bond donors (Lipinski definition) is 1. The lowest BCUT2D eigenvalue weighted by atomic mass is 10.0. The fourth-order valence-corrected chi connectivity index (χ4v) is 1.72. The molecule has 1 heterocycles. The fraction of sp³-hybridized carbons (Fsp3) is 0.231. The van der Waals surface area contributed by atoms with Crippen molar-refractivity contribution in [1.82, 2.24) is 9.78 Å². The van der Waals surface area contributed by atoms with Gasteiger partial charge in [-0.25, -0.2) is 4.39 Å². The van der Waals surface area contributed by atoms with Gasteiger partial charge >= 0.3 is 0 Å². The molecule has 5 heteroatoms. The zero-order valence-electron chi connectivity index (χ0n) is 10.1. The minimum Gasteiger partial charge on any atom is -0.396 e. The molecule has 4 nitrogen and oxygen atoms in total. The second-order valence-corrected chi connectivity index (χ2v) is 4.02. The second kappa shape index (κ2) is 5.00. The molecule has 0 bridgehead atoms. The minimum absolute atomic E-state index is 0.120. The highest BCUT2D eigenvalue weighted by atomic mass is 19.1. The van der Waals surface area contributed by atoms with Crippen LogP contribution in [0.2, 0.25) is 0 Å². The Kier molecular flexibility index (Phi) is 3.41. The van der Waals surface area contributed by atoms with E-state index in [9.17, 15) is 9.18 Å². The molecule has 1 aromatic carbocycles. The minimum atomic E-state index is -0.582. The van der Waals surface area contributed by atoms with E-state index in [0.717, 1.165) is 13.0 Å². The molecule has 0 aliphatic rings. The molecule has 0 aliphatic carbocycles. The first-order chi connectivity index (χ1) is 8.63. The summed E-state index contributed by atoms with van der Waals surface area (Å²) in [5, 5.41) is 4.07. The van der Waals surface area contributed by atoms with Gasteiger partial charge in [0.2, 0.25) is 0 Å². The number of rotatable bonds is 4. The summed E-state index contributed by atoms with van der Waals surface area (Å²) < 4.78 is 15.0. The molecular formula is C13H14FN3O. The average molecular weight is 247 g/mol. The van der Waals surface area contributed by atoms with E-state index in [0.29, 0.717) is 5.56 Å². The highest BCUT2D eigenvalue weighted by Gasteiger charge is 2.16. The summed E-state index contributed by atoms with van der Waals surface area (Å²) in [6.07, 6.45) is 4.05. The number of aryl methyl sites for hydroxylation is 1. The van der Waals surface area contributed by atoms with Gasteiger partial charge in [0.1, 0.15) is 5.82 Å². The third-order valence-electron chi connectivity index (χ3n) is 2.65. The summed E-state index contributed by atoms with van der Waals surface area (Å²) in [6.45, 7) is 2.76. The first kappa shape index (κ1) is 12.3. The van der Waals surface area contributed by atoms with Crippen molar-refractivity contribution in [2.24, 2.45) is 0 Å². The van der Waals surface area contributed by atoms with Crippen molar-refractivity contribution >= 4 is 11.5 Å². The Hall–Kier alpha value is -2.17. The van der Waals surface area contributed by atoms with Crippen LogP contribution in [0.25, 0.3) is 0 Å². The van der Waals surface area contributed by atoms with Crippen LogP contribution >= 0.6 is 0 Å². The van der Waals surface area contributed by atoms with Crippen molar-refractivity contribution < 1.29 is 9.18 Å². The summed E-state index contributed by atoms with van der Waals surface area (Å²) in [4.78, 5) is 12.1. The van der Waals surface area contributed by atoms with E-state index in [1.54, 1.807) is 10.9 Å². The van der Waals surface area contributed by atoms with Crippen LogP contribution in [-0.2, 0) is 6.54 Å². The molecule has 0 atom stereocenters. The Morgan fingerprint density at radius 3 is 3.00 bits per heavy atom. The molecule has 0 amide bonds. The number of benzene rings is 1. The number of nitrogens with zero attached hydrogens (tertiary/aromatic N) is 2. The third-order valence-corrected chi connectivity index (χ3v) is 2.65. The number of para-hydroxylation sites is 1. The number of ketones is 1. The Bertz CT molecular complexity index is 577. The lowest BCUT2D eigenvalue weighted by molar-refractivity contribution is 0.103.